The molecular formula is C19H24ClIN4OSi. The van der Waals surface area contributed by atoms with Gasteiger partial charge in [0.1, 0.15) is 5.52 Å². The number of aryl methyl sites for hydroxylation is 2. The van der Waals surface area contributed by atoms with Crippen LogP contribution in [0.2, 0.25) is 23.3 Å². The van der Waals surface area contributed by atoms with Crippen molar-refractivity contribution in [3.63, 3.8) is 0 Å². The van der Waals surface area contributed by atoms with E-state index in [1.165, 1.54) is 11.1 Å². The van der Waals surface area contributed by atoms with Gasteiger partial charge in [-0.15, -0.1) is 0 Å². The second-order valence-corrected chi connectivity index (χ2v) is 13.9. The van der Waals surface area contributed by atoms with E-state index in [2.05, 4.69) is 75.7 Å². The number of nitrogens with zero attached hydrogens (tertiary/aromatic N) is 4. The van der Waals surface area contributed by atoms with Crippen molar-refractivity contribution in [1.82, 2.24) is 19.5 Å². The number of halogens is 2. The van der Waals surface area contributed by atoms with Crippen LogP contribution in [0, 0.1) is 3.83 Å². The zero-order valence-electron chi connectivity index (χ0n) is 16.0. The molecule has 0 fully saturated rings. The maximum absolute atomic E-state index is 10.6. The molecule has 27 heavy (non-hydrogen) atoms. The van der Waals surface area contributed by atoms with Gasteiger partial charge >= 0.3 is 0 Å². The Morgan fingerprint density at radius 3 is 2.63 bits per heavy atom. The molecule has 0 saturated carbocycles. The smallest absolute Gasteiger partial charge is 0.194 e. The van der Waals surface area contributed by atoms with Crippen molar-refractivity contribution < 1.29 is 4.80 Å². The van der Waals surface area contributed by atoms with E-state index >= 15 is 0 Å². The highest BCUT2D eigenvalue weighted by Gasteiger charge is 2.37. The van der Waals surface area contributed by atoms with Gasteiger partial charge in [-0.25, -0.2) is 15.0 Å². The first-order valence-corrected chi connectivity index (χ1v) is 13.3. The first-order valence-electron chi connectivity index (χ1n) is 8.91. The van der Waals surface area contributed by atoms with Crippen molar-refractivity contribution in [3.05, 3.63) is 50.7 Å². The fraction of sp³-hybridized carbons (Fsp3) is 0.421. The summed E-state index contributed by atoms with van der Waals surface area (Å²) in [5, 5.41) is 0.319. The lowest BCUT2D eigenvalue weighted by Crippen LogP contribution is -2.40. The minimum absolute atomic E-state index is 0.0729. The Labute approximate surface area is 179 Å². The highest BCUT2D eigenvalue weighted by molar-refractivity contribution is 14.1. The van der Waals surface area contributed by atoms with Crippen LogP contribution in [-0.4, -0.2) is 32.6 Å². The average Bonchev–Trinajstić information content (AvgIpc) is 2.95. The quantitative estimate of drug-likeness (QED) is 0.221. The van der Waals surface area contributed by atoms with Gasteiger partial charge in [-0.1, -0.05) is 49.7 Å². The molecule has 8 heteroatoms. The molecule has 0 aliphatic rings. The Hall–Kier alpha value is -1.03. The SMILES string of the molecule is CC(C)(Cc1cccc(CCn2cnc3c(Cl)nc(I)nc32)c1)[Si](C)(C)O. The summed E-state index contributed by atoms with van der Waals surface area (Å²) in [5.74, 6) is 0. The number of imidazole rings is 1. The largest absolute Gasteiger partial charge is 0.432 e. The molecule has 0 atom stereocenters. The molecule has 144 valence electrons. The predicted octanol–water partition coefficient (Wildman–Crippen LogP) is 4.85. The van der Waals surface area contributed by atoms with Gasteiger partial charge in [0.05, 0.1) is 6.33 Å². The van der Waals surface area contributed by atoms with Crippen molar-refractivity contribution in [2.24, 2.45) is 0 Å². The van der Waals surface area contributed by atoms with Crippen molar-refractivity contribution in [2.75, 3.05) is 0 Å². The van der Waals surface area contributed by atoms with Crippen LogP contribution in [0.3, 0.4) is 0 Å². The Bertz CT molecular complexity index is 968. The van der Waals surface area contributed by atoms with Crippen molar-refractivity contribution in [2.45, 2.75) is 51.4 Å². The molecular weight excluding hydrogens is 491 g/mol. The molecule has 3 aromatic rings. The molecule has 0 aliphatic heterocycles. The third kappa shape index (κ3) is 4.69. The molecule has 1 N–H and O–H groups in total. The van der Waals surface area contributed by atoms with Gasteiger partial charge in [0, 0.05) is 29.1 Å². The minimum atomic E-state index is -2.23. The zero-order valence-corrected chi connectivity index (χ0v) is 19.9. The van der Waals surface area contributed by atoms with Crippen molar-refractivity contribution in [1.29, 1.82) is 0 Å². The average molecular weight is 515 g/mol. The van der Waals surface area contributed by atoms with Crippen LogP contribution >= 0.6 is 34.2 Å². The Kier molecular flexibility index (Phi) is 5.95. The van der Waals surface area contributed by atoms with Gasteiger partial charge in [-0.2, -0.15) is 0 Å². The topological polar surface area (TPSA) is 63.8 Å². The lowest BCUT2D eigenvalue weighted by Gasteiger charge is -2.35. The van der Waals surface area contributed by atoms with E-state index in [1.807, 2.05) is 17.7 Å². The van der Waals surface area contributed by atoms with E-state index in [-0.39, 0.29) is 5.04 Å². The summed E-state index contributed by atoms with van der Waals surface area (Å²) in [4.78, 5) is 23.5. The summed E-state index contributed by atoms with van der Waals surface area (Å²) >= 11 is 8.23. The monoisotopic (exact) mass is 514 g/mol. The van der Waals surface area contributed by atoms with Crippen LogP contribution in [0.4, 0.5) is 0 Å². The Balaban J connectivity index is 1.76. The Morgan fingerprint density at radius 2 is 1.93 bits per heavy atom. The molecule has 1 aromatic carbocycles. The van der Waals surface area contributed by atoms with Crippen molar-refractivity contribution in [3.8, 4) is 0 Å². The molecule has 0 saturated heterocycles. The molecule has 3 rings (SSSR count). The van der Waals surface area contributed by atoms with Crippen LogP contribution < -0.4 is 0 Å². The third-order valence-corrected chi connectivity index (χ3v) is 9.56. The van der Waals surface area contributed by atoms with Gasteiger partial charge in [0.2, 0.25) is 0 Å². The molecule has 0 spiro atoms. The first kappa shape index (κ1) is 20.7. The lowest BCUT2D eigenvalue weighted by atomic mass is 9.99. The number of fused-ring (bicyclic) bond motifs is 1. The molecule has 2 aromatic heterocycles. The van der Waals surface area contributed by atoms with E-state index in [0.717, 1.165) is 25.0 Å². The van der Waals surface area contributed by atoms with Crippen LogP contribution in [0.25, 0.3) is 11.2 Å². The van der Waals surface area contributed by atoms with Gasteiger partial charge in [0.25, 0.3) is 0 Å². The second-order valence-electron chi connectivity index (χ2n) is 8.08. The highest BCUT2D eigenvalue weighted by Crippen LogP contribution is 2.38. The lowest BCUT2D eigenvalue weighted by molar-refractivity contribution is 0.467. The zero-order chi connectivity index (χ0) is 19.8. The van der Waals surface area contributed by atoms with E-state index in [4.69, 9.17) is 11.6 Å². The number of rotatable bonds is 6. The van der Waals surface area contributed by atoms with E-state index in [1.54, 1.807) is 6.33 Å². The van der Waals surface area contributed by atoms with Crippen molar-refractivity contribution >= 4 is 53.7 Å². The number of hydrogen-bond acceptors (Lipinski definition) is 4. The number of hydrogen-bond donors (Lipinski definition) is 1. The highest BCUT2D eigenvalue weighted by atomic mass is 127. The molecule has 2 heterocycles. The number of benzene rings is 1. The predicted molar refractivity (Wildman–Crippen MR) is 121 cm³/mol. The van der Waals surface area contributed by atoms with Crippen LogP contribution in [0.15, 0.2) is 30.6 Å². The fourth-order valence-electron chi connectivity index (χ4n) is 2.92. The molecule has 5 nitrogen and oxygen atoms in total. The first-order chi connectivity index (χ1) is 12.6. The van der Waals surface area contributed by atoms with Crippen LogP contribution in [-0.2, 0) is 19.4 Å². The molecule has 0 bridgehead atoms. The molecule has 0 aliphatic carbocycles. The standard InChI is InChI=1S/C19H24ClIN4OSi/c1-19(2,27(3,4)26)11-14-7-5-6-13(10-14)8-9-25-12-22-15-16(20)23-18(21)24-17(15)25/h5-7,10,12,26H,8-9,11H2,1-4H3. The number of aromatic nitrogens is 4. The fourth-order valence-corrected chi connectivity index (χ4v) is 4.38. The Morgan fingerprint density at radius 1 is 1.22 bits per heavy atom. The summed E-state index contributed by atoms with van der Waals surface area (Å²) in [6.07, 6.45) is 3.53. The van der Waals surface area contributed by atoms with Gasteiger partial charge in [0.15, 0.2) is 22.9 Å². The van der Waals surface area contributed by atoms with Gasteiger partial charge in [-0.3, -0.25) is 0 Å². The second kappa shape index (κ2) is 7.77. The normalized spacial score (nSPS) is 12.7. The molecule has 0 unspecified atom stereocenters. The van der Waals surface area contributed by atoms with Crippen LogP contribution in [0.1, 0.15) is 25.0 Å². The van der Waals surface area contributed by atoms with E-state index < -0.39 is 8.32 Å². The van der Waals surface area contributed by atoms with Gasteiger partial charge in [-0.05, 0) is 42.1 Å². The third-order valence-electron chi connectivity index (χ3n) is 5.33. The minimum Gasteiger partial charge on any atom is -0.432 e. The van der Waals surface area contributed by atoms with E-state index in [0.29, 0.717) is 14.5 Å². The summed E-state index contributed by atoms with van der Waals surface area (Å²) < 4.78 is 2.64. The van der Waals surface area contributed by atoms with E-state index in [9.17, 15) is 4.80 Å². The molecule has 0 radical (unpaired) electrons. The summed E-state index contributed by atoms with van der Waals surface area (Å²) in [6.45, 7) is 9.11. The molecule has 0 amide bonds. The van der Waals surface area contributed by atoms with Gasteiger partial charge < -0.3 is 9.36 Å². The summed E-state index contributed by atoms with van der Waals surface area (Å²) in [6, 6.07) is 8.63. The summed E-state index contributed by atoms with van der Waals surface area (Å²) in [5.41, 5.74) is 3.94. The maximum Gasteiger partial charge on any atom is 0.194 e. The summed E-state index contributed by atoms with van der Waals surface area (Å²) in [7, 11) is -2.23. The van der Waals surface area contributed by atoms with Crippen LogP contribution in [0.5, 0.6) is 0 Å². The maximum atomic E-state index is 10.6.